The lowest BCUT2D eigenvalue weighted by Gasteiger charge is -2.39. The van der Waals surface area contributed by atoms with Crippen LogP contribution in [0.5, 0.6) is 0 Å². The molecule has 8 heteroatoms. The Bertz CT molecular complexity index is 1230. The zero-order valence-electron chi connectivity index (χ0n) is 19.4. The maximum Gasteiger partial charge on any atom is 0.261 e. The molecular weight excluding hydrogens is 454 g/mol. The highest BCUT2D eigenvalue weighted by molar-refractivity contribution is 6.33. The molecule has 6 rings (SSSR count). The second-order valence-electron chi connectivity index (χ2n) is 10.4. The number of carbonyl (C=O) groups is 4. The second-order valence-corrected chi connectivity index (χ2v) is 10.4. The zero-order chi connectivity index (χ0) is 24.6. The van der Waals surface area contributed by atoms with Gasteiger partial charge in [0, 0.05) is 51.5 Å². The highest BCUT2D eigenvalue weighted by Gasteiger charge is 2.45. The van der Waals surface area contributed by atoms with E-state index >= 15 is 0 Å². The van der Waals surface area contributed by atoms with Gasteiger partial charge < -0.3 is 0 Å². The molecule has 6 nitrogen and oxygen atoms in total. The van der Waals surface area contributed by atoms with Crippen molar-refractivity contribution in [2.75, 3.05) is 0 Å². The smallest absolute Gasteiger partial charge is 0.261 e. The summed E-state index contributed by atoms with van der Waals surface area (Å²) in [4.78, 5) is 56.3. The Morgan fingerprint density at radius 3 is 1.43 bits per heavy atom. The van der Waals surface area contributed by atoms with Crippen LogP contribution >= 0.6 is 0 Å². The third kappa shape index (κ3) is 3.18. The van der Waals surface area contributed by atoms with Crippen LogP contribution in [-0.2, 0) is 0 Å². The van der Waals surface area contributed by atoms with E-state index in [1.807, 2.05) is 0 Å². The van der Waals surface area contributed by atoms with Crippen molar-refractivity contribution >= 4 is 34.4 Å². The number of rotatable bonds is 2. The standard InChI is InChI=1S/C27H26F2N2O4/c1-13-2-4-14(5-3-13)30-24(32)16-7-9-18-23-19(10-8-17(22(16)23)25(30)33)27(35)31(26(18)34)15-6-11-20(28)21(29)12-15/h7-10,13-15,20-21H,2-6,11-12H2,1H3/t13?,14?,15?,20-,21-/m1/s1. The maximum absolute atomic E-state index is 14.1. The largest absolute Gasteiger partial charge is 0.271 e. The summed E-state index contributed by atoms with van der Waals surface area (Å²) in [5.41, 5.74) is 1.04. The molecule has 2 aliphatic heterocycles. The first kappa shape index (κ1) is 22.3. The fourth-order valence-electron chi connectivity index (χ4n) is 6.37. The molecule has 0 saturated heterocycles. The van der Waals surface area contributed by atoms with Gasteiger partial charge in [-0.05, 0) is 68.7 Å². The molecule has 2 aromatic carbocycles. The van der Waals surface area contributed by atoms with Crippen molar-refractivity contribution in [3.63, 3.8) is 0 Å². The van der Waals surface area contributed by atoms with Crippen LogP contribution in [0, 0.1) is 5.92 Å². The van der Waals surface area contributed by atoms with E-state index in [0.29, 0.717) is 27.8 Å². The van der Waals surface area contributed by atoms with Gasteiger partial charge in [0.1, 0.15) is 12.3 Å². The number of hydrogen-bond acceptors (Lipinski definition) is 4. The molecular formula is C27H26F2N2O4. The average molecular weight is 481 g/mol. The lowest BCUT2D eigenvalue weighted by Crippen LogP contribution is -2.51. The average Bonchev–Trinajstić information content (AvgIpc) is 2.84. The Morgan fingerprint density at radius 2 is 1.00 bits per heavy atom. The lowest BCUT2D eigenvalue weighted by atomic mass is 9.82. The Balaban J connectivity index is 1.43. The molecule has 3 atom stereocenters. The molecule has 0 bridgehead atoms. The van der Waals surface area contributed by atoms with Crippen LogP contribution in [0.2, 0.25) is 0 Å². The van der Waals surface area contributed by atoms with Crippen LogP contribution in [0.15, 0.2) is 24.3 Å². The highest BCUT2D eigenvalue weighted by atomic mass is 19.2. The molecule has 2 heterocycles. The SMILES string of the molecule is CC1CCC(N2C(=O)c3ccc4c5c(ccc(c35)C2=O)C(=O)N(C2CC[C@@H](F)[C@H](F)C2)C4=O)CC1. The number of amides is 4. The van der Waals surface area contributed by atoms with Gasteiger partial charge in [-0.25, -0.2) is 8.78 Å². The van der Waals surface area contributed by atoms with Crippen molar-refractivity contribution in [2.45, 2.75) is 76.3 Å². The second kappa shape index (κ2) is 7.93. The minimum absolute atomic E-state index is 0.0538. The summed E-state index contributed by atoms with van der Waals surface area (Å²) < 4.78 is 27.8. The highest BCUT2D eigenvalue weighted by Crippen LogP contribution is 2.41. The summed E-state index contributed by atoms with van der Waals surface area (Å²) in [6.45, 7) is 2.17. The molecule has 35 heavy (non-hydrogen) atoms. The first-order valence-electron chi connectivity index (χ1n) is 12.4. The van der Waals surface area contributed by atoms with E-state index in [1.165, 1.54) is 17.0 Å². The monoisotopic (exact) mass is 480 g/mol. The van der Waals surface area contributed by atoms with Crippen molar-refractivity contribution in [3.8, 4) is 0 Å². The Labute approximate surface area is 201 Å². The zero-order valence-corrected chi connectivity index (χ0v) is 19.4. The van der Waals surface area contributed by atoms with Gasteiger partial charge in [0.25, 0.3) is 23.6 Å². The first-order chi connectivity index (χ1) is 16.8. The van der Waals surface area contributed by atoms with Crippen molar-refractivity contribution in [1.82, 2.24) is 9.80 Å². The third-order valence-electron chi connectivity index (χ3n) is 8.34. The normalized spacial score (nSPS) is 30.9. The summed E-state index contributed by atoms with van der Waals surface area (Å²) in [7, 11) is 0. The number of nitrogens with zero attached hydrogens (tertiary/aromatic N) is 2. The molecule has 0 spiro atoms. The first-order valence-corrected chi connectivity index (χ1v) is 12.4. The summed E-state index contributed by atoms with van der Waals surface area (Å²) in [6, 6.07) is 5.26. The summed E-state index contributed by atoms with van der Waals surface area (Å²) in [6.07, 6.45) is 0.00426. The van der Waals surface area contributed by atoms with Crippen LogP contribution in [0.25, 0.3) is 10.8 Å². The summed E-state index contributed by atoms with van der Waals surface area (Å²) >= 11 is 0. The van der Waals surface area contributed by atoms with Crippen LogP contribution in [0.3, 0.4) is 0 Å². The topological polar surface area (TPSA) is 74.8 Å². The maximum atomic E-state index is 14.1. The summed E-state index contributed by atoms with van der Waals surface area (Å²) in [5.74, 6) is -1.41. The molecule has 4 amide bonds. The summed E-state index contributed by atoms with van der Waals surface area (Å²) in [5, 5.41) is 0.647. The number of alkyl halides is 2. The molecule has 0 radical (unpaired) electrons. The fourth-order valence-corrected chi connectivity index (χ4v) is 6.37. The quantitative estimate of drug-likeness (QED) is 0.577. The van der Waals surface area contributed by atoms with Crippen LogP contribution < -0.4 is 0 Å². The molecule has 4 aliphatic rings. The predicted molar refractivity (Wildman–Crippen MR) is 124 cm³/mol. The van der Waals surface area contributed by atoms with Crippen molar-refractivity contribution in [3.05, 3.63) is 46.5 Å². The molecule has 2 saturated carbocycles. The van der Waals surface area contributed by atoms with Gasteiger partial charge in [0.05, 0.1) is 0 Å². The van der Waals surface area contributed by atoms with Gasteiger partial charge in [-0.2, -0.15) is 0 Å². The molecule has 182 valence electrons. The molecule has 2 aliphatic carbocycles. The molecule has 1 unspecified atom stereocenters. The number of imide groups is 2. The van der Waals surface area contributed by atoms with Gasteiger partial charge in [-0.15, -0.1) is 0 Å². The Kier molecular flexibility index (Phi) is 5.06. The van der Waals surface area contributed by atoms with Crippen molar-refractivity contribution < 1.29 is 28.0 Å². The van der Waals surface area contributed by atoms with E-state index in [4.69, 9.17) is 0 Å². The van der Waals surface area contributed by atoms with Gasteiger partial charge >= 0.3 is 0 Å². The fraction of sp³-hybridized carbons (Fsp3) is 0.481. The molecule has 2 aromatic rings. The number of hydrogen-bond donors (Lipinski definition) is 0. The lowest BCUT2D eigenvalue weighted by molar-refractivity contribution is 0.0337. The molecule has 0 aromatic heterocycles. The minimum Gasteiger partial charge on any atom is -0.271 e. The number of halogens is 2. The van der Waals surface area contributed by atoms with E-state index in [-0.39, 0.29) is 36.4 Å². The van der Waals surface area contributed by atoms with E-state index < -0.39 is 42.0 Å². The van der Waals surface area contributed by atoms with E-state index in [1.54, 1.807) is 12.1 Å². The van der Waals surface area contributed by atoms with Gasteiger partial charge in [0.2, 0.25) is 0 Å². The number of carbonyl (C=O) groups excluding carboxylic acids is 4. The van der Waals surface area contributed by atoms with Crippen molar-refractivity contribution in [2.24, 2.45) is 5.92 Å². The van der Waals surface area contributed by atoms with E-state index in [2.05, 4.69) is 6.92 Å². The Morgan fingerprint density at radius 1 is 0.600 bits per heavy atom. The van der Waals surface area contributed by atoms with Gasteiger partial charge in [-0.3, -0.25) is 29.0 Å². The van der Waals surface area contributed by atoms with Gasteiger partial charge in [0.15, 0.2) is 0 Å². The molecule has 0 N–H and O–H groups in total. The molecule has 2 fully saturated rings. The van der Waals surface area contributed by atoms with Crippen LogP contribution in [0.1, 0.15) is 93.3 Å². The minimum atomic E-state index is -1.73. The van der Waals surface area contributed by atoms with Crippen molar-refractivity contribution in [1.29, 1.82) is 0 Å². The third-order valence-corrected chi connectivity index (χ3v) is 8.34. The Hall–Kier alpha value is -3.16. The van der Waals surface area contributed by atoms with Crippen LogP contribution in [-0.4, -0.2) is 57.9 Å². The predicted octanol–water partition coefficient (Wildman–Crippen LogP) is 4.84. The number of benzene rings is 2. The van der Waals surface area contributed by atoms with Gasteiger partial charge in [-0.1, -0.05) is 6.92 Å². The van der Waals surface area contributed by atoms with Crippen LogP contribution in [0.4, 0.5) is 8.78 Å². The van der Waals surface area contributed by atoms with E-state index in [0.717, 1.165) is 30.6 Å². The van der Waals surface area contributed by atoms with E-state index in [9.17, 15) is 28.0 Å².